The zero-order valence-electron chi connectivity index (χ0n) is 24.1. The minimum atomic E-state index is -1.06. The summed E-state index contributed by atoms with van der Waals surface area (Å²) >= 11 is 0. The quantitative estimate of drug-likeness (QED) is 0.125. The first-order chi connectivity index (χ1) is 17.0. The van der Waals surface area contributed by atoms with E-state index in [0.717, 1.165) is 19.3 Å². The molecule has 3 saturated carbocycles. The van der Waals surface area contributed by atoms with Crippen molar-refractivity contribution in [1.29, 1.82) is 0 Å². The molecule has 2 unspecified atom stereocenters. The van der Waals surface area contributed by atoms with Crippen LogP contribution in [0, 0.1) is 17.3 Å². The maximum Gasteiger partial charge on any atom is 0.334 e. The second-order valence-electron chi connectivity index (χ2n) is 12.4. The summed E-state index contributed by atoms with van der Waals surface area (Å²) in [5.41, 5.74) is -0.358. The summed E-state index contributed by atoms with van der Waals surface area (Å²) in [5, 5.41) is 22.2. The molecule has 3 fully saturated rings. The van der Waals surface area contributed by atoms with Crippen molar-refractivity contribution in [2.24, 2.45) is 22.2 Å². The summed E-state index contributed by atoms with van der Waals surface area (Å²) in [6, 6.07) is -1.04. The second-order valence-corrected chi connectivity index (χ2v) is 12.4. The van der Waals surface area contributed by atoms with Gasteiger partial charge in [0.25, 0.3) is 0 Å². The number of fused-ring (bicyclic) bond motifs is 2. The molecule has 0 amide bonds. The van der Waals surface area contributed by atoms with E-state index in [9.17, 15) is 15.0 Å². The summed E-state index contributed by atoms with van der Waals surface area (Å²) in [5.74, 6) is 0.0497. The van der Waals surface area contributed by atoms with Crippen molar-refractivity contribution in [3.8, 4) is 0 Å². The van der Waals surface area contributed by atoms with E-state index in [0.29, 0.717) is 18.1 Å². The monoisotopic (exact) mass is 505 g/mol. The Morgan fingerprint density at radius 2 is 1.58 bits per heavy atom. The minimum absolute atomic E-state index is 0.0730. The molecule has 0 aromatic carbocycles. The maximum absolute atomic E-state index is 12.8. The molecule has 3 aliphatic rings. The first-order valence-electron chi connectivity index (χ1n) is 14.9. The Bertz CT molecular complexity index is 724. The highest BCUT2D eigenvalue weighted by Gasteiger charge is 2.61. The molecule has 0 heterocycles. The van der Waals surface area contributed by atoms with E-state index in [-0.39, 0.29) is 17.4 Å². The van der Waals surface area contributed by atoms with Crippen molar-refractivity contribution in [2.75, 3.05) is 0 Å². The Morgan fingerprint density at radius 1 is 1.03 bits per heavy atom. The average molecular weight is 506 g/mol. The molecule has 36 heavy (non-hydrogen) atoms. The Balaban J connectivity index is 1.81. The third-order valence-electron chi connectivity index (χ3n) is 8.69. The Kier molecular flexibility index (Phi) is 12.6. The zero-order chi connectivity index (χ0) is 26.8. The van der Waals surface area contributed by atoms with Gasteiger partial charge in [0.2, 0.25) is 0 Å². The maximum atomic E-state index is 12.8. The van der Waals surface area contributed by atoms with Crippen LogP contribution >= 0.6 is 0 Å². The highest BCUT2D eigenvalue weighted by Crippen LogP contribution is 2.61. The molecule has 0 aromatic rings. The number of nitrogens with zero attached hydrogens (tertiary/aromatic N) is 1. The molecule has 0 saturated heterocycles. The van der Waals surface area contributed by atoms with E-state index in [1.165, 1.54) is 64.2 Å². The summed E-state index contributed by atoms with van der Waals surface area (Å²) in [6.07, 6.45) is 19.2. The zero-order valence-corrected chi connectivity index (χ0v) is 24.1. The molecule has 0 aromatic heterocycles. The van der Waals surface area contributed by atoms with E-state index in [1.54, 1.807) is 19.9 Å². The van der Waals surface area contributed by atoms with Crippen LogP contribution in [-0.4, -0.2) is 45.7 Å². The largest absolute Gasteiger partial charge is 0.461 e. The Labute approximate surface area is 221 Å². The number of aliphatic imine (C=N–C) groups is 1. The minimum Gasteiger partial charge on any atom is -0.461 e. The third-order valence-corrected chi connectivity index (χ3v) is 8.69. The molecule has 208 valence electrons. The van der Waals surface area contributed by atoms with Crippen LogP contribution in [0.5, 0.6) is 0 Å². The number of carbonyl (C=O) groups is 1. The summed E-state index contributed by atoms with van der Waals surface area (Å²) in [6.45, 7) is 12.1. The van der Waals surface area contributed by atoms with Gasteiger partial charge in [-0.05, 0) is 63.7 Å². The van der Waals surface area contributed by atoms with E-state index < -0.39 is 23.7 Å². The summed E-state index contributed by atoms with van der Waals surface area (Å²) in [4.78, 5) is 17.5. The fraction of sp³-hybridized carbons (Fsp3) is 0.871. The number of carbonyl (C=O) groups excluding carboxylic acids is 1. The van der Waals surface area contributed by atoms with Crippen LogP contribution < -0.4 is 0 Å². The lowest BCUT2D eigenvalue weighted by Crippen LogP contribution is -2.65. The fourth-order valence-electron chi connectivity index (χ4n) is 6.15. The van der Waals surface area contributed by atoms with Crippen molar-refractivity contribution in [1.82, 2.24) is 0 Å². The van der Waals surface area contributed by atoms with Gasteiger partial charge in [-0.2, -0.15) is 0 Å². The third kappa shape index (κ3) is 8.68. The van der Waals surface area contributed by atoms with Crippen LogP contribution in [0.2, 0.25) is 0 Å². The molecule has 2 N–H and O–H groups in total. The van der Waals surface area contributed by atoms with Crippen molar-refractivity contribution < 1.29 is 19.7 Å². The van der Waals surface area contributed by atoms with Crippen LogP contribution in [0.4, 0.5) is 0 Å². The van der Waals surface area contributed by atoms with Crippen molar-refractivity contribution in [3.05, 3.63) is 12.2 Å². The molecule has 3 aliphatic carbocycles. The van der Waals surface area contributed by atoms with Crippen molar-refractivity contribution in [3.63, 3.8) is 0 Å². The topological polar surface area (TPSA) is 79.1 Å². The van der Waals surface area contributed by atoms with Crippen LogP contribution in [0.15, 0.2) is 17.1 Å². The molecule has 5 nitrogen and oxygen atoms in total. The first-order valence-corrected chi connectivity index (χ1v) is 14.9. The molecule has 5 heteroatoms. The van der Waals surface area contributed by atoms with Gasteiger partial charge in [0.1, 0.15) is 11.7 Å². The normalized spacial score (nSPS) is 27.9. The van der Waals surface area contributed by atoms with E-state index in [4.69, 9.17) is 4.74 Å². The number of hydrogen-bond acceptors (Lipinski definition) is 5. The van der Waals surface area contributed by atoms with E-state index >= 15 is 0 Å². The highest BCUT2D eigenvalue weighted by molar-refractivity contribution is 5.96. The number of esters is 1. The van der Waals surface area contributed by atoms with Gasteiger partial charge < -0.3 is 14.9 Å². The van der Waals surface area contributed by atoms with E-state index in [2.05, 4.69) is 25.8 Å². The lowest BCUT2D eigenvalue weighted by Gasteiger charge is -2.62. The lowest BCUT2D eigenvalue weighted by molar-refractivity contribution is -0.151. The molecular formula is C31H55NO4. The number of ether oxygens (including phenoxy) is 1. The van der Waals surface area contributed by atoms with Crippen LogP contribution in [0.25, 0.3) is 0 Å². The SMILES string of the molecule is CCCCCCCCCCCCCC=CC(O)C(N=C1C[C@@H]2C[C@@H](C2(C)C)[C@]1(C)O)C(=O)OC(C)C. The molecule has 2 bridgehead atoms. The number of allylic oxidation sites excluding steroid dienone is 1. The number of aliphatic hydroxyl groups is 2. The lowest BCUT2D eigenvalue weighted by atomic mass is 9.44. The van der Waals surface area contributed by atoms with Crippen molar-refractivity contribution in [2.45, 2.75) is 155 Å². The van der Waals surface area contributed by atoms with Gasteiger partial charge in [-0.3, -0.25) is 4.99 Å². The second kappa shape index (κ2) is 14.7. The Morgan fingerprint density at radius 3 is 2.08 bits per heavy atom. The van der Waals surface area contributed by atoms with Gasteiger partial charge in [-0.15, -0.1) is 0 Å². The summed E-state index contributed by atoms with van der Waals surface area (Å²) in [7, 11) is 0. The number of hydrogen-bond donors (Lipinski definition) is 2. The van der Waals surface area contributed by atoms with Crippen LogP contribution in [0.1, 0.15) is 131 Å². The van der Waals surface area contributed by atoms with Gasteiger partial charge in [0, 0.05) is 5.71 Å². The van der Waals surface area contributed by atoms with Gasteiger partial charge >= 0.3 is 5.97 Å². The van der Waals surface area contributed by atoms with Gasteiger partial charge in [0.15, 0.2) is 6.04 Å². The predicted octanol–water partition coefficient (Wildman–Crippen LogP) is 7.18. The smallest absolute Gasteiger partial charge is 0.334 e. The fourth-order valence-corrected chi connectivity index (χ4v) is 6.15. The average Bonchev–Trinajstić information content (AvgIpc) is 2.79. The summed E-state index contributed by atoms with van der Waals surface area (Å²) < 4.78 is 5.42. The standard InChI is InChI=1S/C31H55NO4/c1-7-8-9-10-11-12-13-14-15-16-17-18-19-20-25(33)28(29(34)36-23(2)3)32-27-22-24-21-26(30(24,4)5)31(27,6)35/h19-20,23-26,28,33,35H,7-18,21-22H2,1-6H3/t24-,25?,26-,28?,31-/m0/s1. The number of aliphatic hydroxyl groups excluding tert-OH is 1. The van der Waals surface area contributed by atoms with E-state index in [1.807, 2.05) is 13.0 Å². The highest BCUT2D eigenvalue weighted by atomic mass is 16.5. The van der Waals surface area contributed by atoms with Gasteiger partial charge in [0.05, 0.1) is 6.10 Å². The predicted molar refractivity (Wildman–Crippen MR) is 149 cm³/mol. The van der Waals surface area contributed by atoms with Crippen LogP contribution in [0.3, 0.4) is 0 Å². The molecule has 5 atom stereocenters. The molecule has 0 aliphatic heterocycles. The number of rotatable bonds is 17. The Hall–Kier alpha value is -1.20. The first kappa shape index (κ1) is 31.0. The number of unbranched alkanes of at least 4 members (excludes halogenated alkanes) is 11. The molecule has 3 rings (SSSR count). The molecule has 0 radical (unpaired) electrons. The molecule has 0 spiro atoms. The van der Waals surface area contributed by atoms with Crippen molar-refractivity contribution >= 4 is 11.7 Å². The van der Waals surface area contributed by atoms with Gasteiger partial charge in [-0.25, -0.2) is 4.79 Å². The molecular weight excluding hydrogens is 450 g/mol. The van der Waals surface area contributed by atoms with Crippen LogP contribution in [-0.2, 0) is 9.53 Å². The van der Waals surface area contributed by atoms with Gasteiger partial charge in [-0.1, -0.05) is 97.1 Å².